The number of alkyl halides is 2. The van der Waals surface area contributed by atoms with E-state index >= 15 is 0 Å². The van der Waals surface area contributed by atoms with Gasteiger partial charge >= 0.3 is 6.09 Å². The number of nitrogens with one attached hydrogen (secondary N) is 1. The highest BCUT2D eigenvalue weighted by atomic mass is 19.1. The number of hydrogen-bond acceptors (Lipinski definition) is 2. The van der Waals surface area contributed by atoms with Crippen LogP contribution in [0, 0.1) is 5.82 Å². The Balaban J connectivity index is 1.92. The van der Waals surface area contributed by atoms with Crippen molar-refractivity contribution < 1.29 is 23.1 Å². The summed E-state index contributed by atoms with van der Waals surface area (Å²) in [4.78, 5) is 11.4. The summed E-state index contributed by atoms with van der Waals surface area (Å²) in [6.45, 7) is -0.507. The highest BCUT2D eigenvalue weighted by Crippen LogP contribution is 2.18. The first kappa shape index (κ1) is 14.6. The van der Waals surface area contributed by atoms with E-state index in [0.717, 1.165) is 4.90 Å². The monoisotopic (exact) mass is 288 g/mol. The minimum Gasteiger partial charge on any atom is -0.465 e. The van der Waals surface area contributed by atoms with Crippen molar-refractivity contribution >= 4 is 6.09 Å². The van der Waals surface area contributed by atoms with Crippen LogP contribution >= 0.6 is 0 Å². The number of carbonyl (C=O) groups is 1. The summed E-state index contributed by atoms with van der Waals surface area (Å²) in [6, 6.07) is 4.52. The molecule has 1 saturated heterocycles. The summed E-state index contributed by atoms with van der Waals surface area (Å²) in [5, 5.41) is 11.5. The number of benzene rings is 1. The molecule has 7 heteroatoms. The number of rotatable bonds is 3. The third-order valence-electron chi connectivity index (χ3n) is 3.29. The third-order valence-corrected chi connectivity index (χ3v) is 3.29. The first-order valence-corrected chi connectivity index (χ1v) is 6.21. The molecule has 1 aliphatic heterocycles. The largest absolute Gasteiger partial charge is 0.465 e. The Bertz CT molecular complexity index is 457. The summed E-state index contributed by atoms with van der Waals surface area (Å²) in [7, 11) is 0. The maximum Gasteiger partial charge on any atom is 0.407 e. The van der Waals surface area contributed by atoms with E-state index in [-0.39, 0.29) is 25.5 Å². The number of hydrogen-bond donors (Lipinski definition) is 2. The number of likely N-dealkylation sites (tertiary alicyclic amines) is 1. The van der Waals surface area contributed by atoms with Crippen LogP contribution in [0.4, 0.5) is 18.0 Å². The fraction of sp³-hybridized carbons (Fsp3) is 0.462. The lowest BCUT2D eigenvalue weighted by atomic mass is 10.0. The van der Waals surface area contributed by atoms with Gasteiger partial charge in [-0.2, -0.15) is 0 Å². The van der Waals surface area contributed by atoms with Crippen LogP contribution in [0.1, 0.15) is 5.56 Å². The van der Waals surface area contributed by atoms with Gasteiger partial charge in [0.05, 0.1) is 19.1 Å². The van der Waals surface area contributed by atoms with Gasteiger partial charge in [-0.1, -0.05) is 12.1 Å². The predicted octanol–water partition coefficient (Wildman–Crippen LogP) is 1.95. The lowest BCUT2D eigenvalue weighted by molar-refractivity contribution is 0.0389. The topological polar surface area (TPSA) is 52.6 Å². The molecule has 1 aromatic carbocycles. The predicted molar refractivity (Wildman–Crippen MR) is 66.4 cm³/mol. The van der Waals surface area contributed by atoms with Crippen molar-refractivity contribution in [3.05, 3.63) is 35.6 Å². The van der Waals surface area contributed by atoms with Gasteiger partial charge in [-0.05, 0) is 17.7 Å². The maximum atomic E-state index is 13.8. The van der Waals surface area contributed by atoms with E-state index in [4.69, 9.17) is 5.11 Å². The quantitative estimate of drug-likeness (QED) is 0.894. The molecule has 0 aliphatic carbocycles. The van der Waals surface area contributed by atoms with Gasteiger partial charge in [-0.25, -0.2) is 18.0 Å². The first-order chi connectivity index (χ1) is 9.47. The molecule has 0 saturated carbocycles. The number of carboxylic acid groups (broad SMARTS) is 1. The molecule has 110 valence electrons. The summed E-state index contributed by atoms with van der Waals surface area (Å²) in [5.74, 6) is -0.379. The molecule has 4 nitrogen and oxygen atoms in total. The number of piperidine rings is 1. The van der Waals surface area contributed by atoms with Gasteiger partial charge in [0.2, 0.25) is 0 Å². The van der Waals surface area contributed by atoms with Gasteiger partial charge in [-0.3, -0.25) is 0 Å². The molecule has 1 heterocycles. The minimum absolute atomic E-state index is 0.193. The zero-order chi connectivity index (χ0) is 14.7. The van der Waals surface area contributed by atoms with Crippen LogP contribution in [0.15, 0.2) is 24.3 Å². The molecule has 2 atom stereocenters. The molecule has 1 aliphatic rings. The molecular weight excluding hydrogens is 273 g/mol. The van der Waals surface area contributed by atoms with Crippen LogP contribution < -0.4 is 5.32 Å². The van der Waals surface area contributed by atoms with E-state index in [0.29, 0.717) is 5.56 Å². The summed E-state index contributed by atoms with van der Waals surface area (Å²) >= 11 is 0. The molecule has 1 amide bonds. The molecule has 2 rings (SSSR count). The second kappa shape index (κ2) is 6.13. The van der Waals surface area contributed by atoms with Crippen molar-refractivity contribution in [1.82, 2.24) is 10.2 Å². The van der Waals surface area contributed by atoms with Crippen molar-refractivity contribution in [3.63, 3.8) is 0 Å². The normalized spacial score (nSPS) is 23.9. The Morgan fingerprint density at radius 1 is 1.25 bits per heavy atom. The Morgan fingerprint density at radius 3 is 2.30 bits per heavy atom. The SMILES string of the molecule is O=C(O)N1C[C@@H](F)C(NCc2ccc(F)cc2)[C@H](F)C1. The van der Waals surface area contributed by atoms with Crippen LogP contribution in [-0.2, 0) is 6.54 Å². The van der Waals surface area contributed by atoms with Crippen molar-refractivity contribution in [2.24, 2.45) is 0 Å². The zero-order valence-electron chi connectivity index (χ0n) is 10.6. The Morgan fingerprint density at radius 2 is 1.80 bits per heavy atom. The average Bonchev–Trinajstić information content (AvgIpc) is 2.39. The standard InChI is InChI=1S/C13H15F3N2O2/c14-9-3-1-8(2-4-9)5-17-12-10(15)6-18(13(19)20)7-11(12)16/h1-4,10-12,17H,5-7H2,(H,19,20)/t10-,11-/m1/s1. The average molecular weight is 288 g/mol. The van der Waals surface area contributed by atoms with Crippen molar-refractivity contribution in [3.8, 4) is 0 Å². The number of amides is 1. The Kier molecular flexibility index (Phi) is 4.49. The Hall–Kier alpha value is -1.76. The van der Waals surface area contributed by atoms with Crippen molar-refractivity contribution in [1.29, 1.82) is 0 Å². The van der Waals surface area contributed by atoms with E-state index in [1.165, 1.54) is 24.3 Å². The molecule has 1 fully saturated rings. The van der Waals surface area contributed by atoms with E-state index in [1.54, 1.807) is 0 Å². The molecular formula is C13H15F3N2O2. The second-order valence-corrected chi connectivity index (χ2v) is 4.75. The van der Waals surface area contributed by atoms with E-state index < -0.39 is 24.5 Å². The van der Waals surface area contributed by atoms with Gasteiger partial charge < -0.3 is 15.3 Å². The summed E-state index contributed by atoms with van der Waals surface area (Å²) in [5.41, 5.74) is 0.700. The first-order valence-electron chi connectivity index (χ1n) is 6.21. The molecule has 2 N–H and O–H groups in total. The van der Waals surface area contributed by atoms with Crippen molar-refractivity contribution in [2.45, 2.75) is 24.9 Å². The van der Waals surface area contributed by atoms with Crippen molar-refractivity contribution in [2.75, 3.05) is 13.1 Å². The van der Waals surface area contributed by atoms with E-state index in [2.05, 4.69) is 5.32 Å². The molecule has 0 aromatic heterocycles. The highest BCUT2D eigenvalue weighted by molar-refractivity contribution is 5.65. The van der Waals surface area contributed by atoms with E-state index in [1.807, 2.05) is 0 Å². The number of halogens is 3. The third kappa shape index (κ3) is 3.41. The molecule has 0 radical (unpaired) electrons. The molecule has 0 spiro atoms. The maximum absolute atomic E-state index is 13.8. The molecule has 1 aromatic rings. The number of nitrogens with zero attached hydrogens (tertiary/aromatic N) is 1. The summed E-state index contributed by atoms with van der Waals surface area (Å²) < 4.78 is 40.3. The minimum atomic E-state index is -1.62. The summed E-state index contributed by atoms with van der Waals surface area (Å²) in [6.07, 6.45) is -4.56. The Labute approximate surface area is 114 Å². The van der Waals surface area contributed by atoms with Crippen LogP contribution in [0.2, 0.25) is 0 Å². The van der Waals surface area contributed by atoms with Gasteiger partial charge in [0.15, 0.2) is 0 Å². The highest BCUT2D eigenvalue weighted by Gasteiger charge is 2.38. The fourth-order valence-corrected chi connectivity index (χ4v) is 2.20. The van der Waals surface area contributed by atoms with Crippen LogP contribution in [0.25, 0.3) is 0 Å². The van der Waals surface area contributed by atoms with Gasteiger partial charge in [0, 0.05) is 6.54 Å². The van der Waals surface area contributed by atoms with Crippen LogP contribution in [0.5, 0.6) is 0 Å². The van der Waals surface area contributed by atoms with Gasteiger partial charge in [-0.15, -0.1) is 0 Å². The van der Waals surface area contributed by atoms with Crippen LogP contribution in [-0.4, -0.2) is 47.6 Å². The zero-order valence-corrected chi connectivity index (χ0v) is 10.6. The molecule has 0 unspecified atom stereocenters. The van der Waals surface area contributed by atoms with Gasteiger partial charge in [0.1, 0.15) is 18.2 Å². The van der Waals surface area contributed by atoms with Gasteiger partial charge in [0.25, 0.3) is 0 Å². The fourth-order valence-electron chi connectivity index (χ4n) is 2.20. The lowest BCUT2D eigenvalue weighted by Crippen LogP contribution is -2.58. The van der Waals surface area contributed by atoms with E-state index in [9.17, 15) is 18.0 Å². The molecule has 0 bridgehead atoms. The smallest absolute Gasteiger partial charge is 0.407 e. The molecule has 20 heavy (non-hydrogen) atoms. The lowest BCUT2D eigenvalue weighted by Gasteiger charge is -2.36. The van der Waals surface area contributed by atoms with Crippen LogP contribution in [0.3, 0.4) is 0 Å². The second-order valence-electron chi connectivity index (χ2n) is 4.75.